The minimum atomic E-state index is 0.493. The van der Waals surface area contributed by atoms with Crippen LogP contribution >= 0.6 is 0 Å². The van der Waals surface area contributed by atoms with Gasteiger partial charge in [0.15, 0.2) is 0 Å². The Bertz CT molecular complexity index is 304. The van der Waals surface area contributed by atoms with Gasteiger partial charge in [-0.2, -0.15) is 5.10 Å². The van der Waals surface area contributed by atoms with Crippen molar-refractivity contribution in [2.75, 3.05) is 6.54 Å². The second-order valence-corrected chi connectivity index (χ2v) is 4.08. The third kappa shape index (κ3) is 4.19. The summed E-state index contributed by atoms with van der Waals surface area (Å²) in [6, 6.07) is 0.493. The zero-order chi connectivity index (χ0) is 11.8. The highest BCUT2D eigenvalue weighted by Crippen LogP contribution is 2.06. The zero-order valence-electron chi connectivity index (χ0n) is 10.4. The van der Waals surface area contributed by atoms with E-state index in [0.29, 0.717) is 6.04 Å². The molecule has 1 aromatic heterocycles. The van der Waals surface area contributed by atoms with Crippen molar-refractivity contribution < 1.29 is 0 Å². The van der Waals surface area contributed by atoms with Gasteiger partial charge in [0.05, 0.1) is 6.20 Å². The molecule has 1 unspecified atom stereocenters. The number of nitrogens with zero attached hydrogens (tertiary/aromatic N) is 2. The van der Waals surface area contributed by atoms with E-state index in [9.17, 15) is 0 Å². The monoisotopic (exact) mass is 221 g/mol. The third-order valence-electron chi connectivity index (χ3n) is 2.63. The molecule has 1 heterocycles. The predicted molar refractivity (Wildman–Crippen MR) is 68.5 cm³/mol. The Labute approximate surface area is 98.5 Å². The van der Waals surface area contributed by atoms with Crippen molar-refractivity contribution in [2.45, 2.75) is 45.7 Å². The van der Waals surface area contributed by atoms with Crippen molar-refractivity contribution in [1.82, 2.24) is 15.1 Å². The second kappa shape index (κ2) is 7.23. The molecular formula is C13H23N3. The number of rotatable bonds is 8. The van der Waals surface area contributed by atoms with Crippen molar-refractivity contribution in [3.05, 3.63) is 30.6 Å². The molecule has 0 spiro atoms. The molecule has 3 nitrogen and oxygen atoms in total. The summed E-state index contributed by atoms with van der Waals surface area (Å²) in [6.45, 7) is 10.1. The van der Waals surface area contributed by atoms with E-state index in [2.05, 4.69) is 37.0 Å². The maximum Gasteiger partial charge on any atom is 0.0522 e. The fourth-order valence-corrected chi connectivity index (χ4v) is 1.76. The summed E-state index contributed by atoms with van der Waals surface area (Å²) in [5.74, 6) is 0. The van der Waals surface area contributed by atoms with Crippen LogP contribution in [0.5, 0.6) is 0 Å². The van der Waals surface area contributed by atoms with Crippen molar-refractivity contribution >= 4 is 0 Å². The van der Waals surface area contributed by atoms with E-state index in [1.807, 2.05) is 17.0 Å². The van der Waals surface area contributed by atoms with E-state index >= 15 is 0 Å². The summed E-state index contributed by atoms with van der Waals surface area (Å²) in [7, 11) is 0. The van der Waals surface area contributed by atoms with Crippen molar-refractivity contribution in [3.63, 3.8) is 0 Å². The molecule has 0 aliphatic heterocycles. The van der Waals surface area contributed by atoms with Crippen LogP contribution in [-0.4, -0.2) is 22.4 Å². The van der Waals surface area contributed by atoms with E-state index in [-0.39, 0.29) is 0 Å². The molecule has 3 heteroatoms. The predicted octanol–water partition coefficient (Wildman–Crippen LogP) is 2.39. The summed E-state index contributed by atoms with van der Waals surface area (Å²) in [4.78, 5) is 0. The largest absolute Gasteiger partial charge is 0.313 e. The molecule has 1 aromatic rings. The molecule has 0 fully saturated rings. The highest BCUT2D eigenvalue weighted by molar-refractivity contribution is 5.06. The smallest absolute Gasteiger partial charge is 0.0522 e. The highest BCUT2D eigenvalue weighted by Gasteiger charge is 2.08. The first-order valence-corrected chi connectivity index (χ1v) is 6.15. The van der Waals surface area contributed by atoms with Crippen molar-refractivity contribution in [2.24, 2.45) is 0 Å². The minimum absolute atomic E-state index is 0.493. The van der Waals surface area contributed by atoms with Crippen LogP contribution in [0.25, 0.3) is 0 Å². The molecule has 1 rings (SSSR count). The minimum Gasteiger partial charge on any atom is -0.313 e. The molecule has 0 aromatic carbocycles. The van der Waals surface area contributed by atoms with Crippen LogP contribution in [0.3, 0.4) is 0 Å². The van der Waals surface area contributed by atoms with Gasteiger partial charge < -0.3 is 5.32 Å². The SMILES string of the molecule is C=CCC(Cc1cnn(CC)c1)NCCC. The number of aromatic nitrogens is 2. The Morgan fingerprint density at radius 1 is 1.56 bits per heavy atom. The average molecular weight is 221 g/mol. The van der Waals surface area contributed by atoms with Crippen molar-refractivity contribution in [1.29, 1.82) is 0 Å². The number of hydrogen-bond donors (Lipinski definition) is 1. The quantitative estimate of drug-likeness (QED) is 0.683. The Kier molecular flexibility index (Phi) is 5.86. The molecule has 0 aliphatic carbocycles. The Balaban J connectivity index is 2.49. The second-order valence-electron chi connectivity index (χ2n) is 4.08. The lowest BCUT2D eigenvalue weighted by atomic mass is 10.1. The van der Waals surface area contributed by atoms with Gasteiger partial charge in [-0.05, 0) is 38.3 Å². The van der Waals surface area contributed by atoms with Crippen LogP contribution in [0.15, 0.2) is 25.0 Å². The van der Waals surface area contributed by atoms with Gasteiger partial charge in [-0.1, -0.05) is 13.0 Å². The first kappa shape index (κ1) is 13.0. The third-order valence-corrected chi connectivity index (χ3v) is 2.63. The summed E-state index contributed by atoms with van der Waals surface area (Å²) in [5.41, 5.74) is 1.30. The van der Waals surface area contributed by atoms with Gasteiger partial charge in [0, 0.05) is 18.8 Å². The number of nitrogens with one attached hydrogen (secondary N) is 1. The average Bonchev–Trinajstić information content (AvgIpc) is 2.74. The maximum absolute atomic E-state index is 4.29. The summed E-state index contributed by atoms with van der Waals surface area (Å²) in [5, 5.41) is 7.83. The van der Waals surface area contributed by atoms with Crippen LogP contribution in [0.2, 0.25) is 0 Å². The van der Waals surface area contributed by atoms with Gasteiger partial charge in [0.2, 0.25) is 0 Å². The summed E-state index contributed by atoms with van der Waals surface area (Å²) >= 11 is 0. The van der Waals surface area contributed by atoms with Gasteiger partial charge in [-0.15, -0.1) is 6.58 Å². The van der Waals surface area contributed by atoms with Gasteiger partial charge in [-0.25, -0.2) is 0 Å². The Morgan fingerprint density at radius 2 is 2.38 bits per heavy atom. The van der Waals surface area contributed by atoms with E-state index in [1.54, 1.807) is 0 Å². The van der Waals surface area contributed by atoms with Crippen LogP contribution in [0, 0.1) is 0 Å². The molecule has 0 aliphatic rings. The summed E-state index contributed by atoms with van der Waals surface area (Å²) in [6.07, 6.45) is 9.29. The lowest BCUT2D eigenvalue weighted by molar-refractivity contribution is 0.511. The molecule has 1 N–H and O–H groups in total. The van der Waals surface area contributed by atoms with Crippen LogP contribution < -0.4 is 5.32 Å². The number of hydrogen-bond acceptors (Lipinski definition) is 2. The lowest BCUT2D eigenvalue weighted by Gasteiger charge is -2.15. The van der Waals surface area contributed by atoms with Gasteiger partial charge >= 0.3 is 0 Å². The first-order valence-electron chi connectivity index (χ1n) is 6.15. The van der Waals surface area contributed by atoms with Crippen LogP contribution in [-0.2, 0) is 13.0 Å². The maximum atomic E-state index is 4.29. The van der Waals surface area contributed by atoms with Crippen LogP contribution in [0.1, 0.15) is 32.3 Å². The molecule has 0 saturated heterocycles. The fourth-order valence-electron chi connectivity index (χ4n) is 1.76. The zero-order valence-corrected chi connectivity index (χ0v) is 10.4. The molecular weight excluding hydrogens is 198 g/mol. The molecule has 0 amide bonds. The van der Waals surface area contributed by atoms with Crippen molar-refractivity contribution in [3.8, 4) is 0 Å². The normalized spacial score (nSPS) is 12.6. The van der Waals surface area contributed by atoms with Gasteiger partial charge in [0.1, 0.15) is 0 Å². The summed E-state index contributed by atoms with van der Waals surface area (Å²) < 4.78 is 1.97. The molecule has 1 atom stereocenters. The lowest BCUT2D eigenvalue weighted by Crippen LogP contribution is -2.31. The van der Waals surface area contributed by atoms with Crippen LogP contribution in [0.4, 0.5) is 0 Å². The van der Waals surface area contributed by atoms with Gasteiger partial charge in [0.25, 0.3) is 0 Å². The fraction of sp³-hybridized carbons (Fsp3) is 0.615. The molecule has 0 bridgehead atoms. The number of aryl methyl sites for hydroxylation is 1. The van der Waals surface area contributed by atoms with E-state index in [1.165, 1.54) is 12.0 Å². The topological polar surface area (TPSA) is 29.9 Å². The van der Waals surface area contributed by atoms with Gasteiger partial charge in [-0.3, -0.25) is 4.68 Å². The standard InChI is InChI=1S/C13H23N3/c1-4-7-13(14-8-5-2)9-12-10-15-16(6-3)11-12/h4,10-11,13-14H,1,5-9H2,2-3H3. The highest BCUT2D eigenvalue weighted by atomic mass is 15.3. The molecule has 0 radical (unpaired) electrons. The Hall–Kier alpha value is -1.09. The van der Waals surface area contributed by atoms with E-state index < -0.39 is 0 Å². The van der Waals surface area contributed by atoms with E-state index in [0.717, 1.165) is 25.9 Å². The first-order chi connectivity index (χ1) is 7.80. The van der Waals surface area contributed by atoms with E-state index in [4.69, 9.17) is 0 Å². The molecule has 0 saturated carbocycles. The Morgan fingerprint density at radius 3 is 2.94 bits per heavy atom. The molecule has 16 heavy (non-hydrogen) atoms. The molecule has 90 valence electrons.